The Bertz CT molecular complexity index is 858. The van der Waals surface area contributed by atoms with Crippen molar-refractivity contribution in [2.75, 3.05) is 13.2 Å². The zero-order valence-electron chi connectivity index (χ0n) is 12.1. The van der Waals surface area contributed by atoms with Gasteiger partial charge in [0.15, 0.2) is 0 Å². The molecule has 10 heteroatoms. The number of benzene rings is 1. The Kier molecular flexibility index (Phi) is 5.58. The van der Waals surface area contributed by atoms with Gasteiger partial charge < -0.3 is 9.47 Å². The molecule has 1 heterocycles. The number of hydrogen-bond acceptors (Lipinski definition) is 5. The molecule has 0 radical (unpaired) electrons. The summed E-state index contributed by atoms with van der Waals surface area (Å²) in [6.45, 7) is 3.30. The van der Waals surface area contributed by atoms with Gasteiger partial charge in [-0.1, -0.05) is 23.2 Å². The Morgan fingerprint density at radius 3 is 2.13 bits per heavy atom. The Labute approximate surface area is 154 Å². The summed E-state index contributed by atoms with van der Waals surface area (Å²) in [6, 6.07) is 1.47. The second-order valence-corrected chi connectivity index (χ2v) is 6.12. The number of fused-ring (bicyclic) bond motifs is 1. The van der Waals surface area contributed by atoms with Crippen LogP contribution in [0.15, 0.2) is 10.9 Å². The fourth-order valence-electron chi connectivity index (χ4n) is 1.98. The molecule has 0 aliphatic heterocycles. The first-order valence-corrected chi connectivity index (χ1v) is 8.33. The van der Waals surface area contributed by atoms with Crippen molar-refractivity contribution < 1.29 is 19.1 Å². The molecule has 0 unspecified atom stereocenters. The van der Waals surface area contributed by atoms with E-state index in [9.17, 15) is 14.4 Å². The van der Waals surface area contributed by atoms with Crippen molar-refractivity contribution in [1.82, 2.24) is 9.13 Å². The fraction of sp³-hybridized carbons (Fsp3) is 0.308. The molecule has 124 valence electrons. The number of imidazole rings is 1. The molecule has 0 spiro atoms. The SMILES string of the molecule is CCOC(=O)n1c(=O)n(C(=O)OCC)c2c(Cl)c(Cl)c(I)cc21. The van der Waals surface area contributed by atoms with Gasteiger partial charge in [0, 0.05) is 3.57 Å². The van der Waals surface area contributed by atoms with Crippen molar-refractivity contribution >= 4 is 69.0 Å². The molecule has 1 aromatic heterocycles. The minimum absolute atomic E-state index is 0.00594. The van der Waals surface area contributed by atoms with Crippen LogP contribution in [0.5, 0.6) is 0 Å². The van der Waals surface area contributed by atoms with Gasteiger partial charge in [-0.15, -0.1) is 0 Å². The van der Waals surface area contributed by atoms with Crippen LogP contribution in [-0.2, 0) is 9.47 Å². The number of ether oxygens (including phenoxy) is 2. The quantitative estimate of drug-likeness (QED) is 0.491. The lowest BCUT2D eigenvalue weighted by Gasteiger charge is -2.06. The highest BCUT2D eigenvalue weighted by atomic mass is 127. The van der Waals surface area contributed by atoms with E-state index in [4.69, 9.17) is 32.7 Å². The van der Waals surface area contributed by atoms with Gasteiger partial charge in [-0.2, -0.15) is 9.13 Å². The van der Waals surface area contributed by atoms with E-state index < -0.39 is 17.9 Å². The van der Waals surface area contributed by atoms with Gasteiger partial charge >= 0.3 is 17.9 Å². The largest absolute Gasteiger partial charge is 0.449 e. The zero-order valence-corrected chi connectivity index (χ0v) is 15.7. The average molecular weight is 473 g/mol. The normalized spacial score (nSPS) is 10.8. The van der Waals surface area contributed by atoms with Crippen LogP contribution >= 0.6 is 45.8 Å². The molecule has 0 saturated carbocycles. The maximum atomic E-state index is 12.5. The Hall–Kier alpha value is -1.26. The van der Waals surface area contributed by atoms with Crippen LogP contribution in [0.2, 0.25) is 10.0 Å². The monoisotopic (exact) mass is 472 g/mol. The number of halogens is 3. The van der Waals surface area contributed by atoms with E-state index in [1.165, 1.54) is 6.07 Å². The maximum Gasteiger partial charge on any atom is 0.422 e. The third kappa shape index (κ3) is 3.07. The highest BCUT2D eigenvalue weighted by molar-refractivity contribution is 14.1. The number of carbonyl (C=O) groups excluding carboxylic acids is 2. The van der Waals surface area contributed by atoms with Gasteiger partial charge in [-0.05, 0) is 42.5 Å². The van der Waals surface area contributed by atoms with Crippen molar-refractivity contribution in [3.63, 3.8) is 0 Å². The minimum Gasteiger partial charge on any atom is -0.449 e. The standard InChI is InChI=1S/C13H11Cl2IN2O5/c1-3-22-12(20)17-7-5-6(16)8(14)9(15)10(7)18(11(17)19)13(21)23-4-2/h5H,3-4H2,1-2H3. The summed E-state index contributed by atoms with van der Waals surface area (Å²) in [5, 5.41) is 0.139. The zero-order chi connectivity index (χ0) is 17.3. The topological polar surface area (TPSA) is 79.5 Å². The summed E-state index contributed by atoms with van der Waals surface area (Å²) in [4.78, 5) is 36.7. The molecule has 23 heavy (non-hydrogen) atoms. The van der Waals surface area contributed by atoms with Crippen molar-refractivity contribution in [2.45, 2.75) is 13.8 Å². The van der Waals surface area contributed by atoms with Crippen molar-refractivity contribution in [2.24, 2.45) is 0 Å². The van der Waals surface area contributed by atoms with E-state index in [0.29, 0.717) is 8.14 Å². The van der Waals surface area contributed by atoms with Gasteiger partial charge in [-0.3, -0.25) is 0 Å². The van der Waals surface area contributed by atoms with Crippen molar-refractivity contribution in [3.8, 4) is 0 Å². The van der Waals surface area contributed by atoms with E-state index >= 15 is 0 Å². The molecule has 0 aliphatic rings. The smallest absolute Gasteiger partial charge is 0.422 e. The molecule has 0 N–H and O–H groups in total. The predicted octanol–water partition coefficient (Wildman–Crippen LogP) is 3.72. The molecule has 0 bridgehead atoms. The number of rotatable bonds is 2. The highest BCUT2D eigenvalue weighted by Gasteiger charge is 2.27. The molecular formula is C13H11Cl2IN2O5. The second-order valence-electron chi connectivity index (χ2n) is 4.21. The summed E-state index contributed by atoms with van der Waals surface area (Å²) in [5.74, 6) is 0. The summed E-state index contributed by atoms with van der Waals surface area (Å²) < 4.78 is 11.6. The van der Waals surface area contributed by atoms with Crippen molar-refractivity contribution in [3.05, 3.63) is 30.2 Å². The van der Waals surface area contributed by atoms with E-state index in [1.807, 2.05) is 22.6 Å². The number of aromatic nitrogens is 2. The van der Waals surface area contributed by atoms with Crippen LogP contribution in [-0.4, -0.2) is 34.5 Å². The molecule has 0 amide bonds. The predicted molar refractivity (Wildman–Crippen MR) is 93.8 cm³/mol. The minimum atomic E-state index is -0.954. The maximum absolute atomic E-state index is 12.5. The Balaban J connectivity index is 2.93. The third-order valence-corrected chi connectivity index (χ3v) is 4.89. The molecule has 0 fully saturated rings. The molecule has 2 rings (SSSR count). The van der Waals surface area contributed by atoms with Crippen LogP contribution in [0.25, 0.3) is 11.0 Å². The lowest BCUT2D eigenvalue weighted by Crippen LogP contribution is -2.33. The second kappa shape index (κ2) is 7.10. The number of hydrogen-bond donors (Lipinski definition) is 0. The van der Waals surface area contributed by atoms with Gasteiger partial charge in [0.05, 0.1) is 28.8 Å². The average Bonchev–Trinajstić information content (AvgIpc) is 2.78. The highest BCUT2D eigenvalue weighted by Crippen LogP contribution is 2.34. The van der Waals surface area contributed by atoms with E-state index in [2.05, 4.69) is 0 Å². The third-order valence-electron chi connectivity index (χ3n) is 2.86. The van der Waals surface area contributed by atoms with Gasteiger partial charge in [-0.25, -0.2) is 14.4 Å². The van der Waals surface area contributed by atoms with Gasteiger partial charge in [0.1, 0.15) is 5.52 Å². The summed E-state index contributed by atoms with van der Waals surface area (Å²) in [7, 11) is 0. The van der Waals surface area contributed by atoms with Crippen LogP contribution in [0.3, 0.4) is 0 Å². The summed E-state index contributed by atoms with van der Waals surface area (Å²) in [6.07, 6.45) is -1.87. The van der Waals surface area contributed by atoms with Crippen LogP contribution in [0.4, 0.5) is 9.59 Å². The molecular weight excluding hydrogens is 462 g/mol. The van der Waals surface area contributed by atoms with E-state index in [1.54, 1.807) is 13.8 Å². The first-order chi connectivity index (χ1) is 10.8. The van der Waals surface area contributed by atoms with E-state index in [0.717, 1.165) is 4.57 Å². The van der Waals surface area contributed by atoms with Crippen LogP contribution < -0.4 is 5.69 Å². The Morgan fingerprint density at radius 1 is 1.09 bits per heavy atom. The van der Waals surface area contributed by atoms with Crippen LogP contribution in [0.1, 0.15) is 13.8 Å². The molecule has 0 atom stereocenters. The van der Waals surface area contributed by atoms with E-state index in [-0.39, 0.29) is 34.3 Å². The van der Waals surface area contributed by atoms with Gasteiger partial charge in [0.25, 0.3) is 0 Å². The first-order valence-electron chi connectivity index (χ1n) is 6.50. The van der Waals surface area contributed by atoms with Crippen LogP contribution in [0, 0.1) is 3.57 Å². The molecule has 0 saturated heterocycles. The lowest BCUT2D eigenvalue weighted by molar-refractivity contribution is 0.150. The first kappa shape index (κ1) is 18.1. The molecule has 2 aromatic rings. The van der Waals surface area contributed by atoms with Crippen molar-refractivity contribution in [1.29, 1.82) is 0 Å². The lowest BCUT2D eigenvalue weighted by atomic mass is 10.3. The molecule has 1 aromatic carbocycles. The Morgan fingerprint density at radius 2 is 1.61 bits per heavy atom. The summed E-state index contributed by atoms with van der Waals surface area (Å²) in [5.41, 5.74) is -0.828. The van der Waals surface area contributed by atoms with Gasteiger partial charge in [0.2, 0.25) is 0 Å². The summed E-state index contributed by atoms with van der Waals surface area (Å²) >= 11 is 14.2. The fourth-order valence-corrected chi connectivity index (χ4v) is 3.13. The number of carbonyl (C=O) groups is 2. The number of nitrogens with zero attached hydrogens (tertiary/aromatic N) is 2. The molecule has 7 nitrogen and oxygen atoms in total. The molecule has 0 aliphatic carbocycles.